The average Bonchev–Trinajstić information content (AvgIpc) is 2.14. The fraction of sp³-hybridized carbons (Fsp3) is 0.727. The molecule has 0 aromatic carbocycles. The topological polar surface area (TPSA) is 26.3 Å². The molecule has 0 unspecified atom stereocenters. The summed E-state index contributed by atoms with van der Waals surface area (Å²) in [6.45, 7) is 8.66. The van der Waals surface area contributed by atoms with E-state index in [2.05, 4.69) is 41.5 Å². The summed E-state index contributed by atoms with van der Waals surface area (Å²) in [6, 6.07) is 1.39. The molecule has 0 aromatic rings. The molecule has 0 rings (SSSR count). The van der Waals surface area contributed by atoms with Gasteiger partial charge in [0.2, 0.25) is 0 Å². The summed E-state index contributed by atoms with van der Waals surface area (Å²) in [4.78, 5) is 10.7. The normalized spacial score (nSPS) is 11.1. The first-order valence-electron chi connectivity index (χ1n) is 5.44. The number of esters is 1. The average molecular weight is 340 g/mol. The summed E-state index contributed by atoms with van der Waals surface area (Å²) < 4.78 is 4.89. The lowest BCUT2D eigenvalue weighted by molar-refractivity contribution is -0.137. The van der Waals surface area contributed by atoms with E-state index >= 15 is 0 Å². The molecule has 15 heavy (non-hydrogen) atoms. The van der Waals surface area contributed by atoms with Gasteiger partial charge in [0.15, 0.2) is 0 Å². The number of rotatable bonds is 8. The molecule has 88 valence electrons. The van der Waals surface area contributed by atoms with E-state index < -0.39 is 5.57 Å². The Kier molecular flexibility index (Phi) is 8.41. The van der Waals surface area contributed by atoms with Gasteiger partial charge >= 0.3 is 5.97 Å². The Hall–Kier alpha value is 0.157. The smallest absolute Gasteiger partial charge is 0.330 e. The molecule has 0 atom stereocenters. The van der Waals surface area contributed by atoms with E-state index in [1.165, 1.54) is 25.0 Å². The number of unbranched alkanes of at least 4 members (excludes halogenated alkanes) is 3. The molecule has 0 aromatic heterocycles. The number of carbonyl (C=O) groups excluding carboxylic acids is 1. The number of carbonyl (C=O) groups is 1. The van der Waals surface area contributed by atoms with Crippen LogP contribution >= 0.6 is 21.8 Å². The van der Waals surface area contributed by atoms with Crippen LogP contribution in [0, 0.1) is 0 Å². The van der Waals surface area contributed by atoms with E-state index in [-0.39, 0.29) is 5.97 Å². The minimum atomic E-state index is -0.878. The molecular weight excluding hydrogens is 319 g/mol. The van der Waals surface area contributed by atoms with E-state index in [9.17, 15) is 4.79 Å². The molecule has 4 heteroatoms. The summed E-state index contributed by atoms with van der Waals surface area (Å²) in [5, 5.41) is 0. The molecule has 0 aliphatic rings. The Bertz CT molecular complexity index is 199. The molecular formula is C11H21IO2Si. The van der Waals surface area contributed by atoms with Gasteiger partial charge in [-0.25, -0.2) is 4.79 Å². The fourth-order valence-electron chi connectivity index (χ4n) is 1.23. The molecule has 0 bridgehead atoms. The summed E-state index contributed by atoms with van der Waals surface area (Å²) in [5.41, 5.74) is -0.878. The van der Waals surface area contributed by atoms with Gasteiger partial charge in [-0.05, 0) is 12.5 Å². The summed E-state index contributed by atoms with van der Waals surface area (Å²) >= 11 is 2.62. The molecule has 0 saturated heterocycles. The summed E-state index contributed by atoms with van der Waals surface area (Å²) in [7, 11) is 0. The summed E-state index contributed by atoms with van der Waals surface area (Å²) in [5.74, 6) is -0.309. The molecule has 0 amide bonds. The molecule has 0 aliphatic heterocycles. The van der Waals surface area contributed by atoms with Gasteiger partial charge in [-0.3, -0.25) is 0 Å². The number of ether oxygens (including phenoxy) is 1. The maximum atomic E-state index is 10.7. The van der Waals surface area contributed by atoms with E-state index in [1.54, 1.807) is 0 Å². The van der Waals surface area contributed by atoms with E-state index in [1.807, 2.05) is 0 Å². The van der Waals surface area contributed by atoms with Crippen LogP contribution in [0.25, 0.3) is 0 Å². The monoisotopic (exact) mass is 340 g/mol. The van der Waals surface area contributed by atoms with Crippen molar-refractivity contribution in [3.05, 3.63) is 12.7 Å². The van der Waals surface area contributed by atoms with Crippen LogP contribution in [0.2, 0.25) is 19.1 Å². The minimum Gasteiger partial charge on any atom is -0.463 e. The zero-order chi connectivity index (χ0) is 11.7. The fourth-order valence-corrected chi connectivity index (χ4v) is 3.47. The van der Waals surface area contributed by atoms with Crippen molar-refractivity contribution < 1.29 is 9.53 Å². The zero-order valence-electron chi connectivity index (χ0n) is 9.72. The van der Waals surface area contributed by atoms with Gasteiger partial charge in [-0.1, -0.05) is 38.9 Å². The van der Waals surface area contributed by atoms with Gasteiger partial charge in [0.05, 0.1) is 6.61 Å². The molecule has 0 saturated carbocycles. The van der Waals surface area contributed by atoms with Crippen molar-refractivity contribution >= 4 is 33.3 Å². The maximum absolute atomic E-state index is 10.7. The van der Waals surface area contributed by atoms with Crippen LogP contribution in [0.5, 0.6) is 0 Å². The highest BCUT2D eigenvalue weighted by molar-refractivity contribution is 14.1. The highest BCUT2D eigenvalue weighted by atomic mass is 127. The lowest BCUT2D eigenvalue weighted by Gasteiger charge is -2.12. The quantitative estimate of drug-likeness (QED) is 0.167. The third-order valence-corrected chi connectivity index (χ3v) is 5.24. The van der Waals surface area contributed by atoms with Crippen molar-refractivity contribution in [2.75, 3.05) is 6.61 Å². The first-order chi connectivity index (χ1) is 6.95. The third kappa shape index (κ3) is 12.1. The van der Waals surface area contributed by atoms with E-state index in [4.69, 9.17) is 4.74 Å². The van der Waals surface area contributed by atoms with E-state index in [0.717, 1.165) is 12.8 Å². The van der Waals surface area contributed by atoms with Crippen molar-refractivity contribution in [2.24, 2.45) is 0 Å². The number of hydrogen-bond acceptors (Lipinski definition) is 2. The molecule has 0 radical (unpaired) electrons. The van der Waals surface area contributed by atoms with Crippen LogP contribution < -0.4 is 0 Å². The predicted octanol–water partition coefficient (Wildman–Crippen LogP) is 3.92. The zero-order valence-corrected chi connectivity index (χ0v) is 12.9. The Morgan fingerprint density at radius 3 is 2.47 bits per heavy atom. The second-order valence-electron chi connectivity index (χ2n) is 4.25. The minimum absolute atomic E-state index is 0.309. The van der Waals surface area contributed by atoms with Gasteiger partial charge in [0.1, 0.15) is 5.57 Å². The van der Waals surface area contributed by atoms with Gasteiger partial charge in [0.25, 0.3) is 0 Å². The predicted molar refractivity (Wildman–Crippen MR) is 75.9 cm³/mol. The molecule has 0 fully saturated rings. The Balaban J connectivity index is 3.19. The number of hydrogen-bond donors (Lipinski definition) is 0. The Morgan fingerprint density at radius 2 is 1.93 bits per heavy atom. The first kappa shape index (κ1) is 15.2. The number of halogens is 1. The van der Waals surface area contributed by atoms with Gasteiger partial charge in [-0.15, -0.1) is 21.8 Å². The molecule has 2 nitrogen and oxygen atoms in total. The van der Waals surface area contributed by atoms with Gasteiger partial charge in [-0.2, -0.15) is 0 Å². The van der Waals surface area contributed by atoms with Crippen molar-refractivity contribution in [3.8, 4) is 0 Å². The molecule has 0 heterocycles. The standard InChI is InChI=1S/C11H21IO2Si/c1-4-11(13)14-9-7-5-6-8-10-15(2,3)12/h4H,1,5-10H2,2-3H3. The van der Waals surface area contributed by atoms with Crippen LogP contribution in [-0.4, -0.2) is 18.1 Å². The SMILES string of the molecule is C=CC(=O)OCCCCCC[Si](C)(C)I. The van der Waals surface area contributed by atoms with Crippen molar-refractivity contribution in [3.63, 3.8) is 0 Å². The van der Waals surface area contributed by atoms with Crippen LogP contribution in [0.4, 0.5) is 0 Å². The Labute approximate surface area is 107 Å². The lowest BCUT2D eigenvalue weighted by atomic mass is 10.2. The first-order valence-corrected chi connectivity index (χ1v) is 11.8. The van der Waals surface area contributed by atoms with Crippen molar-refractivity contribution in [1.29, 1.82) is 0 Å². The van der Waals surface area contributed by atoms with E-state index in [0.29, 0.717) is 6.61 Å². The third-order valence-electron chi connectivity index (χ3n) is 2.08. The molecule has 0 spiro atoms. The highest BCUT2D eigenvalue weighted by Crippen LogP contribution is 2.21. The van der Waals surface area contributed by atoms with Crippen LogP contribution in [0.15, 0.2) is 12.7 Å². The molecule has 0 aliphatic carbocycles. The summed E-state index contributed by atoms with van der Waals surface area (Å²) in [6.07, 6.45) is 5.92. The second-order valence-corrected chi connectivity index (χ2v) is 17.0. The van der Waals surface area contributed by atoms with Crippen molar-refractivity contribution in [2.45, 2.75) is 44.8 Å². The molecule has 0 N–H and O–H groups in total. The lowest BCUT2D eigenvalue weighted by Crippen LogP contribution is -2.13. The van der Waals surface area contributed by atoms with Crippen molar-refractivity contribution in [1.82, 2.24) is 0 Å². The largest absolute Gasteiger partial charge is 0.463 e. The second kappa shape index (κ2) is 8.33. The van der Waals surface area contributed by atoms with Gasteiger partial charge in [0, 0.05) is 6.08 Å². The van der Waals surface area contributed by atoms with Crippen LogP contribution in [0.3, 0.4) is 0 Å². The van der Waals surface area contributed by atoms with Crippen LogP contribution in [0.1, 0.15) is 25.7 Å². The van der Waals surface area contributed by atoms with Gasteiger partial charge < -0.3 is 4.74 Å². The Morgan fingerprint density at radius 1 is 1.33 bits per heavy atom. The maximum Gasteiger partial charge on any atom is 0.330 e. The van der Waals surface area contributed by atoms with Crippen LogP contribution in [-0.2, 0) is 9.53 Å². The highest BCUT2D eigenvalue weighted by Gasteiger charge is 2.14.